The summed E-state index contributed by atoms with van der Waals surface area (Å²) in [6, 6.07) is 14.9. The maximum atomic E-state index is 12.7. The largest absolute Gasteiger partial charge is 0.333 e. The van der Waals surface area contributed by atoms with E-state index < -0.39 is 10.0 Å². The van der Waals surface area contributed by atoms with Crippen LogP contribution in [0.1, 0.15) is 17.3 Å². The first-order chi connectivity index (χ1) is 12.0. The van der Waals surface area contributed by atoms with Gasteiger partial charge in [0.25, 0.3) is 15.9 Å². The summed E-state index contributed by atoms with van der Waals surface area (Å²) in [5, 5.41) is 3.25. The molecule has 1 heterocycles. The van der Waals surface area contributed by atoms with Crippen molar-refractivity contribution in [2.75, 3.05) is 24.4 Å². The number of hydrogen-bond acceptors (Lipinski definition) is 4. The Morgan fingerprint density at radius 1 is 1.15 bits per heavy atom. The van der Waals surface area contributed by atoms with Crippen LogP contribution >= 0.6 is 12.4 Å². The summed E-state index contributed by atoms with van der Waals surface area (Å²) in [5.41, 5.74) is 0.847. The van der Waals surface area contributed by atoms with Crippen molar-refractivity contribution in [1.29, 1.82) is 0 Å². The topological polar surface area (TPSA) is 78.5 Å². The van der Waals surface area contributed by atoms with Crippen LogP contribution in [0.4, 0.5) is 5.69 Å². The van der Waals surface area contributed by atoms with Gasteiger partial charge < -0.3 is 10.2 Å². The Bertz CT molecular complexity index is 859. The summed E-state index contributed by atoms with van der Waals surface area (Å²) in [6.07, 6.45) is 0. The summed E-state index contributed by atoms with van der Waals surface area (Å²) in [5.74, 6) is -0.0882. The second kappa shape index (κ2) is 8.53. The van der Waals surface area contributed by atoms with E-state index in [1.807, 2.05) is 6.92 Å². The van der Waals surface area contributed by atoms with Crippen molar-refractivity contribution in [3.05, 3.63) is 60.2 Å². The molecule has 1 aliphatic heterocycles. The van der Waals surface area contributed by atoms with E-state index in [1.165, 1.54) is 12.1 Å². The number of halogens is 1. The maximum absolute atomic E-state index is 12.7. The summed E-state index contributed by atoms with van der Waals surface area (Å²) in [4.78, 5) is 14.7. The molecule has 0 aromatic heterocycles. The number of nitrogens with one attached hydrogen (secondary N) is 2. The quantitative estimate of drug-likeness (QED) is 0.832. The molecule has 6 nitrogen and oxygen atoms in total. The van der Waals surface area contributed by atoms with Crippen LogP contribution in [0.25, 0.3) is 0 Å². The van der Waals surface area contributed by atoms with E-state index in [0.29, 0.717) is 17.8 Å². The Labute approximate surface area is 160 Å². The predicted molar refractivity (Wildman–Crippen MR) is 104 cm³/mol. The molecule has 1 amide bonds. The van der Waals surface area contributed by atoms with Crippen molar-refractivity contribution >= 4 is 34.0 Å². The number of hydrogen-bond donors (Lipinski definition) is 2. The summed E-state index contributed by atoms with van der Waals surface area (Å²) >= 11 is 0. The highest BCUT2D eigenvalue weighted by Crippen LogP contribution is 2.19. The molecular formula is C18H22ClN3O3S. The van der Waals surface area contributed by atoms with Crippen molar-refractivity contribution in [3.63, 3.8) is 0 Å². The first-order valence-corrected chi connectivity index (χ1v) is 9.65. The molecule has 140 valence electrons. The van der Waals surface area contributed by atoms with E-state index in [1.54, 1.807) is 47.4 Å². The Morgan fingerprint density at radius 2 is 1.88 bits per heavy atom. The molecule has 0 spiro atoms. The highest BCUT2D eigenvalue weighted by Gasteiger charge is 2.24. The minimum Gasteiger partial charge on any atom is -0.333 e. The van der Waals surface area contributed by atoms with Gasteiger partial charge in [0.15, 0.2) is 0 Å². The number of piperazine rings is 1. The van der Waals surface area contributed by atoms with E-state index in [2.05, 4.69) is 10.0 Å². The summed E-state index contributed by atoms with van der Waals surface area (Å²) in [7, 11) is -3.68. The van der Waals surface area contributed by atoms with Gasteiger partial charge in [-0.05, 0) is 37.3 Å². The highest BCUT2D eigenvalue weighted by molar-refractivity contribution is 7.92. The number of carbonyl (C=O) groups excluding carboxylic acids is 1. The first-order valence-electron chi connectivity index (χ1n) is 8.17. The van der Waals surface area contributed by atoms with Crippen LogP contribution in [-0.4, -0.2) is 44.9 Å². The zero-order valence-corrected chi connectivity index (χ0v) is 16.0. The van der Waals surface area contributed by atoms with Gasteiger partial charge in [-0.1, -0.05) is 24.3 Å². The predicted octanol–water partition coefficient (Wildman–Crippen LogP) is 2.34. The lowest BCUT2D eigenvalue weighted by Crippen LogP contribution is -2.52. The van der Waals surface area contributed by atoms with Crippen LogP contribution in [0.3, 0.4) is 0 Å². The van der Waals surface area contributed by atoms with Crippen LogP contribution in [0.2, 0.25) is 0 Å². The van der Waals surface area contributed by atoms with Gasteiger partial charge in [0.2, 0.25) is 0 Å². The lowest BCUT2D eigenvalue weighted by molar-refractivity contribution is 0.0656. The average molecular weight is 396 g/mol. The molecule has 1 fully saturated rings. The molecular weight excluding hydrogens is 374 g/mol. The standard InChI is InChI=1S/C18H21N3O3S.ClH/c1-14-13-19-10-11-21(14)18(22)15-6-5-7-16(12-15)20-25(23,24)17-8-3-2-4-9-17;/h2-9,12,14,19-20H,10-11,13H2,1H3;1H. The van der Waals surface area contributed by atoms with Crippen LogP contribution < -0.4 is 10.0 Å². The SMILES string of the molecule is CC1CNCCN1C(=O)c1cccc(NS(=O)(=O)c2ccccc2)c1.Cl. The number of rotatable bonds is 4. The van der Waals surface area contributed by atoms with Crippen molar-refractivity contribution in [1.82, 2.24) is 10.2 Å². The van der Waals surface area contributed by atoms with E-state index in [4.69, 9.17) is 0 Å². The fourth-order valence-corrected chi connectivity index (χ4v) is 3.91. The summed E-state index contributed by atoms with van der Waals surface area (Å²) < 4.78 is 27.4. The number of benzene rings is 2. The second-order valence-corrected chi connectivity index (χ2v) is 7.73. The van der Waals surface area contributed by atoms with Gasteiger partial charge >= 0.3 is 0 Å². The Morgan fingerprint density at radius 3 is 2.58 bits per heavy atom. The number of carbonyl (C=O) groups is 1. The van der Waals surface area contributed by atoms with Crippen LogP contribution in [0.15, 0.2) is 59.5 Å². The third-order valence-corrected chi connectivity index (χ3v) is 5.57. The van der Waals surface area contributed by atoms with E-state index in [-0.39, 0.29) is 29.3 Å². The maximum Gasteiger partial charge on any atom is 0.261 e. The molecule has 0 radical (unpaired) electrons. The van der Waals surface area contributed by atoms with Crippen LogP contribution in [0, 0.1) is 0 Å². The molecule has 1 atom stereocenters. The molecule has 2 N–H and O–H groups in total. The molecule has 8 heteroatoms. The van der Waals surface area contributed by atoms with Gasteiger partial charge in [0.1, 0.15) is 0 Å². The second-order valence-electron chi connectivity index (χ2n) is 6.05. The smallest absolute Gasteiger partial charge is 0.261 e. The lowest BCUT2D eigenvalue weighted by Gasteiger charge is -2.34. The number of sulfonamides is 1. The van der Waals surface area contributed by atoms with Crippen molar-refractivity contribution in [2.24, 2.45) is 0 Å². The molecule has 26 heavy (non-hydrogen) atoms. The molecule has 1 unspecified atom stereocenters. The third kappa shape index (κ3) is 4.55. The fourth-order valence-electron chi connectivity index (χ4n) is 2.84. The van der Waals surface area contributed by atoms with E-state index >= 15 is 0 Å². The van der Waals surface area contributed by atoms with Crippen molar-refractivity contribution in [3.8, 4) is 0 Å². The molecule has 1 saturated heterocycles. The van der Waals surface area contributed by atoms with Gasteiger partial charge in [-0.25, -0.2) is 8.42 Å². The Balaban J connectivity index is 0.00000243. The van der Waals surface area contributed by atoms with E-state index in [0.717, 1.165) is 13.1 Å². The van der Waals surface area contributed by atoms with Gasteiger partial charge in [0.05, 0.1) is 4.90 Å². The molecule has 1 aliphatic rings. The minimum absolute atomic E-state index is 0. The molecule has 0 saturated carbocycles. The lowest BCUT2D eigenvalue weighted by atomic mass is 10.1. The fraction of sp³-hybridized carbons (Fsp3) is 0.278. The highest BCUT2D eigenvalue weighted by atomic mass is 35.5. The monoisotopic (exact) mass is 395 g/mol. The average Bonchev–Trinajstić information content (AvgIpc) is 2.62. The molecule has 2 aromatic carbocycles. The van der Waals surface area contributed by atoms with Crippen molar-refractivity contribution < 1.29 is 13.2 Å². The molecule has 3 rings (SSSR count). The molecule has 2 aromatic rings. The minimum atomic E-state index is -3.68. The molecule has 0 aliphatic carbocycles. The third-order valence-electron chi connectivity index (χ3n) is 4.18. The zero-order chi connectivity index (χ0) is 17.9. The van der Waals surface area contributed by atoms with Gasteiger partial charge in [-0.15, -0.1) is 12.4 Å². The van der Waals surface area contributed by atoms with Gasteiger partial charge in [-0.2, -0.15) is 0 Å². The first kappa shape index (κ1) is 20.2. The van der Waals surface area contributed by atoms with Gasteiger partial charge in [-0.3, -0.25) is 9.52 Å². The number of nitrogens with zero attached hydrogens (tertiary/aromatic N) is 1. The van der Waals surface area contributed by atoms with Crippen LogP contribution in [0.5, 0.6) is 0 Å². The normalized spacial score (nSPS) is 17.3. The zero-order valence-electron chi connectivity index (χ0n) is 14.4. The van der Waals surface area contributed by atoms with Gasteiger partial charge in [0, 0.05) is 36.9 Å². The number of amides is 1. The van der Waals surface area contributed by atoms with Crippen molar-refractivity contribution in [2.45, 2.75) is 17.9 Å². The Kier molecular flexibility index (Phi) is 6.63. The Hall–Kier alpha value is -2.09. The van der Waals surface area contributed by atoms with E-state index in [9.17, 15) is 13.2 Å². The summed E-state index contributed by atoms with van der Waals surface area (Å²) in [6.45, 7) is 4.15. The number of anilines is 1. The molecule has 0 bridgehead atoms. The van der Waals surface area contributed by atoms with Crippen LogP contribution in [-0.2, 0) is 10.0 Å².